The van der Waals surface area contributed by atoms with Gasteiger partial charge in [0.05, 0.1) is 23.6 Å². The average molecular weight is 539 g/mol. The fraction of sp³-hybridized carbons (Fsp3) is 0.321. The highest BCUT2D eigenvalue weighted by atomic mass is 19.1. The van der Waals surface area contributed by atoms with Crippen molar-refractivity contribution in [2.24, 2.45) is 17.6 Å². The van der Waals surface area contributed by atoms with Crippen LogP contribution in [-0.4, -0.2) is 79.7 Å². The molecule has 0 spiro atoms. The zero-order chi connectivity index (χ0) is 28.7. The average Bonchev–Trinajstić information content (AvgIpc) is 2.86. The molecule has 0 bridgehead atoms. The van der Waals surface area contributed by atoms with Gasteiger partial charge in [-0.05, 0) is 54.9 Å². The van der Waals surface area contributed by atoms with Crippen molar-refractivity contribution in [2.45, 2.75) is 30.6 Å². The molecule has 1 amide bonds. The highest BCUT2D eigenvalue weighted by Crippen LogP contribution is 2.57. The summed E-state index contributed by atoms with van der Waals surface area (Å²) in [5.41, 5.74) is 2.14. The number of rotatable bonds is 3. The number of Topliss-reactive ketones (excluding diaryl/α,β-unsaturated/α-hetero) is 2. The van der Waals surface area contributed by atoms with Crippen molar-refractivity contribution >= 4 is 23.2 Å². The van der Waals surface area contributed by atoms with E-state index in [9.17, 15) is 44.3 Å². The Labute approximate surface area is 222 Å². The van der Waals surface area contributed by atoms with Gasteiger partial charge in [-0.3, -0.25) is 19.3 Å². The van der Waals surface area contributed by atoms with E-state index in [0.29, 0.717) is 16.7 Å². The van der Waals surface area contributed by atoms with Gasteiger partial charge in [0.25, 0.3) is 5.91 Å². The molecule has 10 nitrogen and oxygen atoms in total. The van der Waals surface area contributed by atoms with Crippen molar-refractivity contribution in [1.82, 2.24) is 4.90 Å². The lowest BCUT2D eigenvalue weighted by atomic mass is 9.54. The summed E-state index contributed by atoms with van der Waals surface area (Å²) in [7, 11) is 2.88. The van der Waals surface area contributed by atoms with E-state index in [-0.39, 0.29) is 5.56 Å². The van der Waals surface area contributed by atoms with E-state index in [1.54, 1.807) is 13.0 Å². The van der Waals surface area contributed by atoms with E-state index in [1.807, 2.05) is 0 Å². The van der Waals surface area contributed by atoms with Crippen LogP contribution in [0.2, 0.25) is 0 Å². The number of ketones is 2. The quantitative estimate of drug-likeness (QED) is 0.314. The molecular weight excluding hydrogens is 511 g/mol. The topological polar surface area (TPSA) is 182 Å². The summed E-state index contributed by atoms with van der Waals surface area (Å²) in [6.45, 7) is 1.64. The zero-order valence-electron chi connectivity index (χ0n) is 21.2. The number of likely N-dealkylation sites (N-methyl/N-ethyl adjacent to an activating group) is 1. The lowest BCUT2D eigenvalue weighted by molar-refractivity contribution is -0.169. The van der Waals surface area contributed by atoms with Gasteiger partial charge < -0.3 is 31.3 Å². The molecule has 11 heteroatoms. The minimum atomic E-state index is -2.98. The standard InChI is InChI=1S/C28H27FN2O8/c1-10-15-13(11-4-6-12(29)7-5-11)8-9-14(32)17(15)22(33)18-16(10)23(34)20-21(31(2)3)24(35)19(27(30)38)26(37)28(20,39)25(18)36/h4-10,16,20-21,23,32-34,37,39H,1-3H3,(H2,30,38)/t10-,16+,20+,21+,23+,28+/m1/s1. The second kappa shape index (κ2) is 8.73. The summed E-state index contributed by atoms with van der Waals surface area (Å²) in [6.07, 6.45) is -1.70. The van der Waals surface area contributed by atoms with Gasteiger partial charge in [-0.25, -0.2) is 4.39 Å². The predicted octanol–water partition coefficient (Wildman–Crippen LogP) is 1.30. The molecule has 0 unspecified atom stereocenters. The van der Waals surface area contributed by atoms with Crippen LogP contribution in [0.3, 0.4) is 0 Å². The maximum atomic E-state index is 14.0. The summed E-state index contributed by atoms with van der Waals surface area (Å²) in [6, 6.07) is 6.89. The minimum absolute atomic E-state index is 0.132. The third-order valence-corrected chi connectivity index (χ3v) is 8.26. The van der Waals surface area contributed by atoms with Gasteiger partial charge in [0.2, 0.25) is 5.78 Å². The van der Waals surface area contributed by atoms with E-state index in [4.69, 9.17) is 5.73 Å². The number of aromatic hydroxyl groups is 1. The van der Waals surface area contributed by atoms with Gasteiger partial charge in [-0.15, -0.1) is 0 Å². The second-order valence-corrected chi connectivity index (χ2v) is 10.5. The highest BCUT2D eigenvalue weighted by Gasteiger charge is 2.68. The van der Waals surface area contributed by atoms with E-state index in [1.165, 1.54) is 49.3 Å². The molecule has 0 aromatic heterocycles. The first-order valence-corrected chi connectivity index (χ1v) is 12.2. The van der Waals surface area contributed by atoms with E-state index in [0.717, 1.165) is 0 Å². The Morgan fingerprint density at radius 1 is 1.05 bits per heavy atom. The molecule has 1 saturated carbocycles. The number of aliphatic hydroxyl groups excluding tert-OH is 3. The first kappa shape index (κ1) is 26.5. The Kier molecular flexibility index (Phi) is 5.94. The Morgan fingerprint density at radius 3 is 2.23 bits per heavy atom. The van der Waals surface area contributed by atoms with Crippen molar-refractivity contribution in [3.05, 3.63) is 70.2 Å². The molecule has 2 aromatic rings. The molecule has 0 aliphatic heterocycles. The third-order valence-electron chi connectivity index (χ3n) is 8.26. The van der Waals surface area contributed by atoms with Crippen LogP contribution in [0.5, 0.6) is 5.75 Å². The predicted molar refractivity (Wildman–Crippen MR) is 136 cm³/mol. The number of carbonyl (C=O) groups is 3. The number of phenols is 1. The number of amides is 1. The van der Waals surface area contributed by atoms with Crippen molar-refractivity contribution < 1.29 is 44.3 Å². The number of carbonyl (C=O) groups excluding carboxylic acids is 3. The Balaban J connectivity index is 1.82. The normalized spacial score (nSPS) is 30.3. The first-order valence-electron chi connectivity index (χ1n) is 12.2. The van der Waals surface area contributed by atoms with Crippen molar-refractivity contribution in [3.63, 3.8) is 0 Å². The molecule has 1 fully saturated rings. The van der Waals surface area contributed by atoms with Crippen LogP contribution < -0.4 is 5.73 Å². The van der Waals surface area contributed by atoms with Crippen LogP contribution in [0.1, 0.15) is 24.0 Å². The van der Waals surface area contributed by atoms with E-state index in [2.05, 4.69) is 0 Å². The van der Waals surface area contributed by atoms with Crippen LogP contribution in [0.25, 0.3) is 16.9 Å². The van der Waals surface area contributed by atoms with Crippen molar-refractivity contribution in [1.29, 1.82) is 0 Å². The molecule has 3 aliphatic carbocycles. The minimum Gasteiger partial charge on any atom is -0.508 e. The van der Waals surface area contributed by atoms with Crippen molar-refractivity contribution in [3.8, 4) is 16.9 Å². The molecule has 2 aromatic carbocycles. The number of hydrogen-bond acceptors (Lipinski definition) is 9. The number of phenolic OH excluding ortho intramolecular Hbond substituents is 1. The molecule has 7 N–H and O–H groups in total. The summed E-state index contributed by atoms with van der Waals surface area (Å²) >= 11 is 0. The summed E-state index contributed by atoms with van der Waals surface area (Å²) in [4.78, 5) is 40.7. The summed E-state index contributed by atoms with van der Waals surface area (Å²) < 4.78 is 13.6. The molecular formula is C28H27FN2O8. The van der Waals surface area contributed by atoms with E-state index >= 15 is 0 Å². The Bertz CT molecular complexity index is 1510. The summed E-state index contributed by atoms with van der Waals surface area (Å²) in [5.74, 6) is -10.1. The van der Waals surface area contributed by atoms with Gasteiger partial charge in [0, 0.05) is 11.5 Å². The molecule has 3 aliphatic rings. The van der Waals surface area contributed by atoms with Crippen LogP contribution in [-0.2, 0) is 14.4 Å². The summed E-state index contributed by atoms with van der Waals surface area (Å²) in [5, 5.41) is 56.6. The molecule has 0 radical (unpaired) electrons. The lowest BCUT2D eigenvalue weighted by Gasteiger charge is -2.53. The molecule has 0 saturated heterocycles. The largest absolute Gasteiger partial charge is 0.508 e. The lowest BCUT2D eigenvalue weighted by Crippen LogP contribution is -2.70. The number of hydrogen-bond donors (Lipinski definition) is 6. The van der Waals surface area contributed by atoms with Gasteiger partial charge in [-0.1, -0.05) is 25.1 Å². The molecule has 204 valence electrons. The van der Waals surface area contributed by atoms with E-state index < -0.39 is 87.2 Å². The highest BCUT2D eigenvalue weighted by molar-refractivity contribution is 6.24. The SMILES string of the molecule is C[C@@H]1c2c(-c3ccc(F)cc3)ccc(O)c2C(O)=C2C(=O)[C@]3(O)C(O)=C(C(N)=O)C(=O)[C@@H](N(C)C)[C@H]3[C@@H](O)[C@H]21. The number of benzene rings is 2. The van der Waals surface area contributed by atoms with Gasteiger partial charge in [0.1, 0.15) is 28.7 Å². The van der Waals surface area contributed by atoms with Gasteiger partial charge in [0.15, 0.2) is 11.4 Å². The van der Waals surface area contributed by atoms with Crippen LogP contribution >= 0.6 is 0 Å². The monoisotopic (exact) mass is 538 g/mol. The molecule has 0 heterocycles. The number of fused-ring (bicyclic) bond motifs is 3. The van der Waals surface area contributed by atoms with Crippen molar-refractivity contribution in [2.75, 3.05) is 14.1 Å². The maximum absolute atomic E-state index is 14.0. The number of halogens is 1. The zero-order valence-corrected chi connectivity index (χ0v) is 21.2. The van der Waals surface area contributed by atoms with Crippen LogP contribution in [0.4, 0.5) is 4.39 Å². The first-order chi connectivity index (χ1) is 18.2. The smallest absolute Gasteiger partial charge is 0.255 e. The second-order valence-electron chi connectivity index (χ2n) is 10.5. The van der Waals surface area contributed by atoms with Crippen LogP contribution in [0.15, 0.2) is 53.3 Å². The molecule has 6 atom stereocenters. The number of primary amides is 1. The number of nitrogens with zero attached hydrogens (tertiary/aromatic N) is 1. The Hall–Kier alpha value is -4.06. The number of aliphatic hydroxyl groups is 4. The fourth-order valence-electron chi connectivity index (χ4n) is 6.58. The van der Waals surface area contributed by atoms with Gasteiger partial charge >= 0.3 is 0 Å². The Morgan fingerprint density at radius 2 is 1.67 bits per heavy atom. The molecule has 39 heavy (non-hydrogen) atoms. The van der Waals surface area contributed by atoms with Crippen LogP contribution in [0, 0.1) is 17.7 Å². The number of nitrogens with two attached hydrogens (primary N) is 1. The van der Waals surface area contributed by atoms with Gasteiger partial charge in [-0.2, -0.15) is 0 Å². The third kappa shape index (κ3) is 3.40. The maximum Gasteiger partial charge on any atom is 0.255 e. The fourth-order valence-corrected chi connectivity index (χ4v) is 6.58. The molecule has 5 rings (SSSR count).